The van der Waals surface area contributed by atoms with Crippen LogP contribution in [0.4, 0.5) is 5.13 Å². The lowest BCUT2D eigenvalue weighted by atomic mass is 9.92. The lowest BCUT2D eigenvalue weighted by Crippen LogP contribution is -2.38. The molecule has 0 saturated carbocycles. The normalized spacial score (nSPS) is 26.1. The van der Waals surface area contributed by atoms with E-state index in [-0.39, 0.29) is 0 Å². The second-order valence-corrected chi connectivity index (χ2v) is 6.12. The van der Waals surface area contributed by atoms with Crippen molar-refractivity contribution in [3.63, 3.8) is 0 Å². The molecule has 3 nitrogen and oxygen atoms in total. The average Bonchev–Trinajstić information content (AvgIpc) is 2.58. The zero-order valence-corrected chi connectivity index (χ0v) is 11.2. The predicted octanol–water partition coefficient (Wildman–Crippen LogP) is 2.39. The smallest absolute Gasteiger partial charge is 0.185 e. The maximum Gasteiger partial charge on any atom is 0.185 e. The molecular formula is C12H21N3S. The Morgan fingerprint density at radius 1 is 1.38 bits per heavy atom. The van der Waals surface area contributed by atoms with Gasteiger partial charge >= 0.3 is 0 Å². The zero-order chi connectivity index (χ0) is 11.7. The third-order valence-corrected chi connectivity index (χ3v) is 4.45. The maximum atomic E-state index is 5.70. The number of rotatable bonds is 2. The Morgan fingerprint density at radius 2 is 2.00 bits per heavy atom. The van der Waals surface area contributed by atoms with Gasteiger partial charge in [-0.05, 0) is 25.2 Å². The van der Waals surface area contributed by atoms with Crippen LogP contribution in [0.5, 0.6) is 0 Å². The summed E-state index contributed by atoms with van der Waals surface area (Å²) in [6.07, 6.45) is 1.34. The van der Waals surface area contributed by atoms with Gasteiger partial charge in [0.25, 0.3) is 0 Å². The summed E-state index contributed by atoms with van der Waals surface area (Å²) < 4.78 is 0. The van der Waals surface area contributed by atoms with Gasteiger partial charge in [0.1, 0.15) is 0 Å². The Kier molecular flexibility index (Phi) is 3.50. The molecule has 0 aromatic carbocycles. The summed E-state index contributed by atoms with van der Waals surface area (Å²) in [4.78, 5) is 8.29. The molecule has 1 saturated heterocycles. The van der Waals surface area contributed by atoms with Crippen LogP contribution in [0, 0.1) is 18.8 Å². The van der Waals surface area contributed by atoms with Crippen molar-refractivity contribution < 1.29 is 0 Å². The van der Waals surface area contributed by atoms with Crippen molar-refractivity contribution in [2.45, 2.75) is 33.7 Å². The van der Waals surface area contributed by atoms with Gasteiger partial charge in [0.15, 0.2) is 5.13 Å². The molecule has 0 amide bonds. The largest absolute Gasteiger partial charge is 0.348 e. The Labute approximate surface area is 102 Å². The average molecular weight is 239 g/mol. The van der Waals surface area contributed by atoms with Crippen molar-refractivity contribution in [3.8, 4) is 0 Å². The van der Waals surface area contributed by atoms with Crippen LogP contribution in [-0.4, -0.2) is 18.1 Å². The van der Waals surface area contributed by atoms with E-state index >= 15 is 0 Å². The summed E-state index contributed by atoms with van der Waals surface area (Å²) in [5.41, 5.74) is 6.81. The van der Waals surface area contributed by atoms with Crippen LogP contribution in [0.3, 0.4) is 0 Å². The quantitative estimate of drug-likeness (QED) is 0.861. The summed E-state index contributed by atoms with van der Waals surface area (Å²) >= 11 is 1.76. The van der Waals surface area contributed by atoms with Crippen LogP contribution < -0.4 is 10.6 Å². The van der Waals surface area contributed by atoms with E-state index in [0.29, 0.717) is 6.54 Å². The standard InChI is InChI=1S/C12H21N3S/c1-8-4-9(2)7-15(6-8)12-14-10(3)11(5-13)16-12/h8-9H,4-7,13H2,1-3H3. The highest BCUT2D eigenvalue weighted by Crippen LogP contribution is 2.30. The molecule has 1 aliphatic heterocycles. The highest BCUT2D eigenvalue weighted by Gasteiger charge is 2.24. The molecule has 2 unspecified atom stereocenters. The first-order chi connectivity index (χ1) is 7.60. The van der Waals surface area contributed by atoms with Crippen LogP contribution in [0.25, 0.3) is 0 Å². The molecule has 2 N–H and O–H groups in total. The molecule has 1 aliphatic rings. The third kappa shape index (κ3) is 2.38. The molecule has 2 atom stereocenters. The van der Waals surface area contributed by atoms with Gasteiger partial charge < -0.3 is 10.6 Å². The molecule has 1 fully saturated rings. The second kappa shape index (κ2) is 4.72. The summed E-state index contributed by atoms with van der Waals surface area (Å²) in [6.45, 7) is 9.60. The first kappa shape index (κ1) is 11.9. The van der Waals surface area contributed by atoms with E-state index in [1.165, 1.54) is 11.3 Å². The van der Waals surface area contributed by atoms with E-state index in [1.54, 1.807) is 11.3 Å². The van der Waals surface area contributed by atoms with E-state index in [0.717, 1.165) is 35.8 Å². The van der Waals surface area contributed by atoms with Crippen molar-refractivity contribution >= 4 is 16.5 Å². The number of piperidine rings is 1. The number of aromatic nitrogens is 1. The van der Waals surface area contributed by atoms with Gasteiger partial charge in [-0.2, -0.15) is 0 Å². The van der Waals surface area contributed by atoms with Crippen molar-refractivity contribution in [1.29, 1.82) is 0 Å². The van der Waals surface area contributed by atoms with Gasteiger partial charge in [0.05, 0.1) is 5.69 Å². The summed E-state index contributed by atoms with van der Waals surface area (Å²) in [5.74, 6) is 1.54. The fourth-order valence-electron chi connectivity index (χ4n) is 2.56. The molecule has 0 bridgehead atoms. The monoisotopic (exact) mass is 239 g/mol. The first-order valence-electron chi connectivity index (χ1n) is 6.01. The predicted molar refractivity (Wildman–Crippen MR) is 69.9 cm³/mol. The van der Waals surface area contributed by atoms with Crippen LogP contribution in [0.2, 0.25) is 0 Å². The SMILES string of the molecule is Cc1nc(N2CC(C)CC(C)C2)sc1CN. The fourth-order valence-corrected chi connectivity index (χ4v) is 3.51. The Hall–Kier alpha value is -0.610. The number of hydrogen-bond acceptors (Lipinski definition) is 4. The molecular weight excluding hydrogens is 218 g/mol. The summed E-state index contributed by atoms with van der Waals surface area (Å²) in [5, 5.41) is 1.16. The van der Waals surface area contributed by atoms with E-state index in [9.17, 15) is 0 Å². The minimum Gasteiger partial charge on any atom is -0.348 e. The van der Waals surface area contributed by atoms with Crippen molar-refractivity contribution in [2.24, 2.45) is 17.6 Å². The summed E-state index contributed by atoms with van der Waals surface area (Å²) in [6, 6.07) is 0. The van der Waals surface area contributed by atoms with Gasteiger partial charge in [0, 0.05) is 24.5 Å². The Bertz CT molecular complexity index is 351. The van der Waals surface area contributed by atoms with Gasteiger partial charge in [0.2, 0.25) is 0 Å². The van der Waals surface area contributed by atoms with E-state index < -0.39 is 0 Å². The fraction of sp³-hybridized carbons (Fsp3) is 0.750. The molecule has 1 aromatic heterocycles. The molecule has 0 aliphatic carbocycles. The van der Waals surface area contributed by atoms with E-state index in [1.807, 2.05) is 0 Å². The van der Waals surface area contributed by atoms with Crippen LogP contribution in [0.15, 0.2) is 0 Å². The maximum absolute atomic E-state index is 5.70. The van der Waals surface area contributed by atoms with Crippen LogP contribution in [-0.2, 0) is 6.54 Å². The molecule has 0 radical (unpaired) electrons. The minimum absolute atomic E-state index is 0.614. The molecule has 1 aromatic rings. The van der Waals surface area contributed by atoms with Gasteiger partial charge in [-0.25, -0.2) is 4.98 Å². The van der Waals surface area contributed by atoms with Gasteiger partial charge in [-0.15, -0.1) is 11.3 Å². The molecule has 90 valence electrons. The lowest BCUT2D eigenvalue weighted by molar-refractivity contribution is 0.356. The molecule has 4 heteroatoms. The topological polar surface area (TPSA) is 42.2 Å². The number of aryl methyl sites for hydroxylation is 1. The first-order valence-corrected chi connectivity index (χ1v) is 6.83. The minimum atomic E-state index is 0.614. The summed E-state index contributed by atoms with van der Waals surface area (Å²) in [7, 11) is 0. The van der Waals surface area contributed by atoms with E-state index in [4.69, 9.17) is 5.73 Å². The highest BCUT2D eigenvalue weighted by molar-refractivity contribution is 7.15. The van der Waals surface area contributed by atoms with E-state index in [2.05, 4.69) is 30.7 Å². The third-order valence-electron chi connectivity index (χ3n) is 3.21. The Balaban J connectivity index is 2.16. The van der Waals surface area contributed by atoms with Gasteiger partial charge in [-0.1, -0.05) is 13.8 Å². The molecule has 2 rings (SSSR count). The van der Waals surface area contributed by atoms with Crippen molar-refractivity contribution in [2.75, 3.05) is 18.0 Å². The van der Waals surface area contributed by atoms with Crippen LogP contribution >= 0.6 is 11.3 Å². The number of thiazole rings is 1. The van der Waals surface area contributed by atoms with Crippen molar-refractivity contribution in [1.82, 2.24) is 4.98 Å². The Morgan fingerprint density at radius 3 is 2.50 bits per heavy atom. The molecule has 2 heterocycles. The van der Waals surface area contributed by atoms with Crippen molar-refractivity contribution in [3.05, 3.63) is 10.6 Å². The number of nitrogens with zero attached hydrogens (tertiary/aromatic N) is 2. The zero-order valence-electron chi connectivity index (χ0n) is 10.4. The van der Waals surface area contributed by atoms with Crippen LogP contribution in [0.1, 0.15) is 30.8 Å². The number of hydrogen-bond donors (Lipinski definition) is 1. The number of anilines is 1. The molecule has 16 heavy (non-hydrogen) atoms. The highest BCUT2D eigenvalue weighted by atomic mass is 32.1. The lowest BCUT2D eigenvalue weighted by Gasteiger charge is -2.34. The molecule has 0 spiro atoms. The van der Waals surface area contributed by atoms with Gasteiger partial charge in [-0.3, -0.25) is 0 Å². The number of nitrogens with two attached hydrogens (primary N) is 1. The second-order valence-electron chi connectivity index (χ2n) is 5.06.